The molecule has 1 heterocycles. The summed E-state index contributed by atoms with van der Waals surface area (Å²) in [6.07, 6.45) is -3.26. The van der Waals surface area contributed by atoms with E-state index in [-0.39, 0.29) is 4.47 Å². The zero-order valence-electron chi connectivity index (χ0n) is 9.21. The number of nitrogens with zero attached hydrogens (tertiary/aromatic N) is 1. The summed E-state index contributed by atoms with van der Waals surface area (Å²) >= 11 is 4.95. The fraction of sp³-hybridized carbons (Fsp3) is 0.0833. The predicted molar refractivity (Wildman–Crippen MR) is 76.2 cm³/mol. The first-order valence-electron chi connectivity index (χ1n) is 5.03. The summed E-state index contributed by atoms with van der Waals surface area (Å²) in [6.45, 7) is 0. The van der Waals surface area contributed by atoms with E-state index in [1.54, 1.807) is 24.3 Å². The SMILES string of the molecule is FC(F)(F)c1cc(Br)cnc1Oc1ccccc1I. The van der Waals surface area contributed by atoms with Crippen molar-refractivity contribution in [2.75, 3.05) is 0 Å². The third-order valence-corrected chi connectivity index (χ3v) is 3.49. The second-order valence-corrected chi connectivity index (χ2v) is 5.61. The Morgan fingerprint density at radius 1 is 1.21 bits per heavy atom. The first-order valence-corrected chi connectivity index (χ1v) is 6.90. The second-order valence-electron chi connectivity index (χ2n) is 3.54. The van der Waals surface area contributed by atoms with E-state index in [1.165, 1.54) is 6.20 Å². The molecular weight excluding hydrogens is 438 g/mol. The molecule has 0 bridgehead atoms. The Morgan fingerprint density at radius 3 is 2.53 bits per heavy atom. The van der Waals surface area contributed by atoms with Crippen LogP contribution in [0.25, 0.3) is 0 Å². The van der Waals surface area contributed by atoms with E-state index in [0.29, 0.717) is 9.32 Å². The minimum absolute atomic E-state index is 0.245. The van der Waals surface area contributed by atoms with E-state index in [0.717, 1.165) is 6.07 Å². The van der Waals surface area contributed by atoms with Crippen LogP contribution >= 0.6 is 38.5 Å². The van der Waals surface area contributed by atoms with Gasteiger partial charge >= 0.3 is 6.18 Å². The molecule has 0 saturated carbocycles. The summed E-state index contributed by atoms with van der Waals surface area (Å²) in [7, 11) is 0. The van der Waals surface area contributed by atoms with Crippen molar-refractivity contribution in [3.8, 4) is 11.6 Å². The number of ether oxygens (including phenoxy) is 1. The smallest absolute Gasteiger partial charge is 0.421 e. The van der Waals surface area contributed by atoms with Crippen molar-refractivity contribution in [3.63, 3.8) is 0 Å². The van der Waals surface area contributed by atoms with E-state index in [1.807, 2.05) is 22.6 Å². The van der Waals surface area contributed by atoms with Crippen LogP contribution in [-0.2, 0) is 6.18 Å². The highest BCUT2D eigenvalue weighted by Gasteiger charge is 2.36. The third kappa shape index (κ3) is 3.59. The van der Waals surface area contributed by atoms with E-state index in [2.05, 4.69) is 20.9 Å². The molecule has 0 saturated heterocycles. The number of hydrogen-bond donors (Lipinski definition) is 0. The minimum Gasteiger partial charge on any atom is -0.437 e. The monoisotopic (exact) mass is 443 g/mol. The zero-order chi connectivity index (χ0) is 14.0. The van der Waals surface area contributed by atoms with Gasteiger partial charge in [-0.25, -0.2) is 4.98 Å². The second kappa shape index (κ2) is 5.66. The largest absolute Gasteiger partial charge is 0.437 e. The number of pyridine rings is 1. The van der Waals surface area contributed by atoms with Gasteiger partial charge in [0, 0.05) is 10.7 Å². The van der Waals surface area contributed by atoms with Gasteiger partial charge in [0.25, 0.3) is 0 Å². The third-order valence-electron chi connectivity index (χ3n) is 2.17. The van der Waals surface area contributed by atoms with Gasteiger partial charge in [0.15, 0.2) is 0 Å². The number of para-hydroxylation sites is 1. The fourth-order valence-corrected chi connectivity index (χ4v) is 2.17. The summed E-state index contributed by atoms with van der Waals surface area (Å²) in [4.78, 5) is 3.69. The average molecular weight is 444 g/mol. The Kier molecular flexibility index (Phi) is 4.34. The maximum atomic E-state index is 12.9. The van der Waals surface area contributed by atoms with Crippen molar-refractivity contribution in [2.24, 2.45) is 0 Å². The van der Waals surface area contributed by atoms with E-state index in [4.69, 9.17) is 4.74 Å². The topological polar surface area (TPSA) is 22.1 Å². The number of aromatic nitrogens is 1. The number of rotatable bonds is 2. The maximum absolute atomic E-state index is 12.9. The van der Waals surface area contributed by atoms with Gasteiger partial charge < -0.3 is 4.74 Å². The summed E-state index contributed by atoms with van der Waals surface area (Å²) in [5.74, 6) is -0.122. The molecule has 0 atom stereocenters. The van der Waals surface area contributed by atoms with Gasteiger partial charge in [-0.2, -0.15) is 13.2 Å². The van der Waals surface area contributed by atoms with Gasteiger partial charge in [-0.1, -0.05) is 12.1 Å². The van der Waals surface area contributed by atoms with Gasteiger partial charge in [0.1, 0.15) is 11.3 Å². The van der Waals surface area contributed by atoms with Crippen LogP contribution < -0.4 is 4.74 Å². The summed E-state index contributed by atoms with van der Waals surface area (Å²) in [6, 6.07) is 7.73. The van der Waals surface area contributed by atoms with E-state index in [9.17, 15) is 13.2 Å². The summed E-state index contributed by atoms with van der Waals surface area (Å²) in [5.41, 5.74) is -0.915. The average Bonchev–Trinajstić information content (AvgIpc) is 2.33. The quantitative estimate of drug-likeness (QED) is 0.590. The minimum atomic E-state index is -4.52. The van der Waals surface area contributed by atoms with Crippen molar-refractivity contribution in [3.05, 3.63) is 50.1 Å². The molecule has 7 heteroatoms. The van der Waals surface area contributed by atoms with Crippen LogP contribution in [0.4, 0.5) is 13.2 Å². The lowest BCUT2D eigenvalue weighted by molar-refractivity contribution is -0.138. The van der Waals surface area contributed by atoms with Crippen LogP contribution in [0.2, 0.25) is 0 Å². The fourth-order valence-electron chi connectivity index (χ4n) is 1.34. The molecule has 0 unspecified atom stereocenters. The molecule has 0 N–H and O–H groups in total. The molecule has 100 valence electrons. The van der Waals surface area contributed by atoms with Gasteiger partial charge in [0.2, 0.25) is 5.88 Å². The van der Waals surface area contributed by atoms with Gasteiger partial charge in [0.05, 0.1) is 3.57 Å². The molecule has 0 amide bonds. The number of alkyl halides is 3. The molecule has 1 aromatic heterocycles. The lowest BCUT2D eigenvalue weighted by atomic mass is 10.2. The molecule has 2 aromatic rings. The van der Waals surface area contributed by atoms with Crippen LogP contribution in [0.1, 0.15) is 5.56 Å². The predicted octanol–water partition coefficient (Wildman–Crippen LogP) is 5.26. The first-order chi connectivity index (χ1) is 8.88. The molecule has 0 spiro atoms. The highest BCUT2D eigenvalue weighted by molar-refractivity contribution is 14.1. The van der Waals surface area contributed by atoms with Crippen LogP contribution in [0.15, 0.2) is 41.0 Å². The van der Waals surface area contributed by atoms with Crippen molar-refractivity contribution >= 4 is 38.5 Å². The summed E-state index contributed by atoms with van der Waals surface area (Å²) < 4.78 is 44.9. The number of halogens is 5. The van der Waals surface area contributed by atoms with E-state index < -0.39 is 17.6 Å². The Labute approximate surface area is 129 Å². The molecular formula is C12H6BrF3INO. The molecule has 0 radical (unpaired) electrons. The van der Waals surface area contributed by atoms with Crippen molar-refractivity contribution in [1.82, 2.24) is 4.98 Å². The molecule has 0 aliphatic heterocycles. The molecule has 2 nitrogen and oxygen atoms in total. The highest BCUT2D eigenvalue weighted by atomic mass is 127. The Balaban J connectivity index is 2.44. The van der Waals surface area contributed by atoms with Gasteiger partial charge in [-0.15, -0.1) is 0 Å². The van der Waals surface area contributed by atoms with E-state index >= 15 is 0 Å². The maximum Gasteiger partial charge on any atom is 0.421 e. The standard InChI is InChI=1S/C12H6BrF3INO/c13-7-5-8(12(14,15)16)11(18-6-7)19-10-4-2-1-3-9(10)17/h1-6H. The number of benzene rings is 1. The van der Waals surface area contributed by atoms with Crippen molar-refractivity contribution in [2.45, 2.75) is 6.18 Å². The Bertz CT molecular complexity index is 604. The van der Waals surface area contributed by atoms with Crippen molar-refractivity contribution < 1.29 is 17.9 Å². The van der Waals surface area contributed by atoms with Crippen LogP contribution in [0.3, 0.4) is 0 Å². The Morgan fingerprint density at radius 2 is 1.89 bits per heavy atom. The molecule has 2 rings (SSSR count). The lowest BCUT2D eigenvalue weighted by Crippen LogP contribution is -2.08. The van der Waals surface area contributed by atoms with Gasteiger partial charge in [-0.05, 0) is 56.7 Å². The molecule has 1 aromatic carbocycles. The number of hydrogen-bond acceptors (Lipinski definition) is 2. The zero-order valence-corrected chi connectivity index (χ0v) is 13.0. The Hall–Kier alpha value is -0.830. The van der Waals surface area contributed by atoms with Gasteiger partial charge in [-0.3, -0.25) is 0 Å². The van der Waals surface area contributed by atoms with Crippen molar-refractivity contribution in [1.29, 1.82) is 0 Å². The molecule has 19 heavy (non-hydrogen) atoms. The normalized spacial score (nSPS) is 11.4. The van der Waals surface area contributed by atoms with Crippen LogP contribution in [-0.4, -0.2) is 4.98 Å². The molecule has 0 aliphatic carbocycles. The van der Waals surface area contributed by atoms with Crippen LogP contribution in [0.5, 0.6) is 11.6 Å². The molecule has 0 aliphatic rings. The van der Waals surface area contributed by atoms with Crippen LogP contribution in [0, 0.1) is 3.57 Å². The summed E-state index contributed by atoms with van der Waals surface area (Å²) in [5, 5.41) is 0. The first kappa shape index (κ1) is 14.6. The highest BCUT2D eigenvalue weighted by Crippen LogP contribution is 2.38. The molecule has 0 fully saturated rings. The lowest BCUT2D eigenvalue weighted by Gasteiger charge is -2.13.